The Hall–Kier alpha value is -3.14. The number of anilines is 3. The van der Waals surface area contributed by atoms with Crippen LogP contribution in [0.15, 0.2) is 24.5 Å². The highest BCUT2D eigenvalue weighted by Crippen LogP contribution is 2.37. The van der Waals surface area contributed by atoms with Crippen molar-refractivity contribution in [2.24, 2.45) is 0 Å². The Balaban J connectivity index is 1.56. The summed E-state index contributed by atoms with van der Waals surface area (Å²) in [6, 6.07) is 5.17. The van der Waals surface area contributed by atoms with Crippen LogP contribution in [0.3, 0.4) is 0 Å². The molecule has 10 heteroatoms. The van der Waals surface area contributed by atoms with Crippen molar-refractivity contribution >= 4 is 23.0 Å². The van der Waals surface area contributed by atoms with E-state index < -0.39 is 4.92 Å². The van der Waals surface area contributed by atoms with E-state index in [1.165, 1.54) is 6.33 Å². The van der Waals surface area contributed by atoms with Gasteiger partial charge < -0.3 is 24.8 Å². The third-order valence-corrected chi connectivity index (χ3v) is 4.16. The van der Waals surface area contributed by atoms with E-state index in [-0.39, 0.29) is 30.2 Å². The summed E-state index contributed by atoms with van der Waals surface area (Å²) >= 11 is 0. The van der Waals surface area contributed by atoms with Gasteiger partial charge in [0.2, 0.25) is 18.4 Å². The van der Waals surface area contributed by atoms with Crippen molar-refractivity contribution < 1.29 is 19.1 Å². The number of benzene rings is 1. The van der Waals surface area contributed by atoms with E-state index in [1.54, 1.807) is 18.2 Å². The van der Waals surface area contributed by atoms with Crippen molar-refractivity contribution in [3.05, 3.63) is 34.6 Å². The van der Waals surface area contributed by atoms with Gasteiger partial charge in [0, 0.05) is 24.9 Å². The van der Waals surface area contributed by atoms with Gasteiger partial charge in [0.05, 0.1) is 11.0 Å². The van der Waals surface area contributed by atoms with Crippen LogP contribution in [0.5, 0.6) is 11.5 Å². The molecule has 2 aromatic rings. The van der Waals surface area contributed by atoms with Crippen LogP contribution in [0, 0.1) is 10.1 Å². The molecule has 1 aromatic heterocycles. The van der Waals surface area contributed by atoms with Gasteiger partial charge >= 0.3 is 5.69 Å². The summed E-state index contributed by atoms with van der Waals surface area (Å²) in [6.07, 6.45) is 3.23. The summed E-state index contributed by atoms with van der Waals surface area (Å²) in [5.74, 6) is 1.46. The summed E-state index contributed by atoms with van der Waals surface area (Å²) in [6.45, 7) is 1.33. The predicted molar refractivity (Wildman–Crippen MR) is 92.0 cm³/mol. The second-order valence-corrected chi connectivity index (χ2v) is 5.89. The SMILES string of the molecule is O=[N+]([O-])c1c(NCC2CCCO2)ncnc1Nc1ccc2c(c1)OCO2. The fourth-order valence-corrected chi connectivity index (χ4v) is 2.90. The van der Waals surface area contributed by atoms with E-state index in [4.69, 9.17) is 14.2 Å². The van der Waals surface area contributed by atoms with E-state index in [2.05, 4.69) is 20.6 Å². The van der Waals surface area contributed by atoms with Gasteiger partial charge in [-0.25, -0.2) is 9.97 Å². The lowest BCUT2D eigenvalue weighted by atomic mass is 10.2. The Bertz CT molecular complexity index is 825. The number of ether oxygens (including phenoxy) is 3. The molecule has 2 N–H and O–H groups in total. The van der Waals surface area contributed by atoms with Crippen LogP contribution in [0.4, 0.5) is 23.0 Å². The lowest BCUT2D eigenvalue weighted by Gasteiger charge is -2.13. The molecule has 1 atom stereocenters. The van der Waals surface area contributed by atoms with Crippen LogP contribution >= 0.6 is 0 Å². The van der Waals surface area contributed by atoms with Gasteiger partial charge in [0.15, 0.2) is 11.5 Å². The van der Waals surface area contributed by atoms with Gasteiger partial charge in [-0.2, -0.15) is 0 Å². The Labute approximate surface area is 148 Å². The van der Waals surface area contributed by atoms with Crippen molar-refractivity contribution in [1.82, 2.24) is 9.97 Å². The second-order valence-electron chi connectivity index (χ2n) is 5.89. The van der Waals surface area contributed by atoms with Crippen LogP contribution in [0.1, 0.15) is 12.8 Å². The van der Waals surface area contributed by atoms with Crippen molar-refractivity contribution in [3.63, 3.8) is 0 Å². The maximum atomic E-state index is 11.6. The molecule has 3 heterocycles. The molecule has 0 aliphatic carbocycles. The summed E-state index contributed by atoms with van der Waals surface area (Å²) in [5, 5.41) is 17.5. The van der Waals surface area contributed by atoms with Crippen molar-refractivity contribution in [3.8, 4) is 11.5 Å². The third kappa shape index (κ3) is 3.31. The van der Waals surface area contributed by atoms with Gasteiger partial charge in [-0.3, -0.25) is 10.1 Å². The summed E-state index contributed by atoms with van der Waals surface area (Å²) in [7, 11) is 0. The zero-order valence-electron chi connectivity index (χ0n) is 13.8. The molecule has 4 rings (SSSR count). The average molecular weight is 359 g/mol. The van der Waals surface area contributed by atoms with Gasteiger partial charge in [0.1, 0.15) is 6.33 Å². The average Bonchev–Trinajstić information content (AvgIpc) is 3.31. The zero-order chi connectivity index (χ0) is 17.9. The maximum absolute atomic E-state index is 11.6. The lowest BCUT2D eigenvalue weighted by Crippen LogP contribution is -2.20. The standard InChI is InChI=1S/C16H17N5O5/c22-21(23)14-15(17-7-11-2-1-5-24-11)18-8-19-16(14)20-10-3-4-12-13(6-10)26-9-25-12/h3-4,6,8,11H,1-2,5,7,9H2,(H2,17,18,19,20). The molecular formula is C16H17N5O5. The van der Waals surface area contributed by atoms with Gasteiger partial charge in [-0.15, -0.1) is 0 Å². The molecule has 0 saturated carbocycles. The monoisotopic (exact) mass is 359 g/mol. The molecule has 0 radical (unpaired) electrons. The summed E-state index contributed by atoms with van der Waals surface area (Å²) in [5.41, 5.74) is 0.379. The van der Waals surface area contributed by atoms with Crippen LogP contribution < -0.4 is 20.1 Å². The Morgan fingerprint density at radius 3 is 2.88 bits per heavy atom. The molecule has 0 spiro atoms. The second kappa shape index (κ2) is 7.00. The van der Waals surface area contributed by atoms with E-state index in [1.807, 2.05) is 0 Å². The molecule has 10 nitrogen and oxygen atoms in total. The first-order valence-electron chi connectivity index (χ1n) is 8.22. The number of hydrogen-bond acceptors (Lipinski definition) is 9. The molecular weight excluding hydrogens is 342 g/mol. The molecule has 0 amide bonds. The molecule has 1 unspecified atom stereocenters. The van der Waals surface area contributed by atoms with Gasteiger partial charge in [0.25, 0.3) is 0 Å². The smallest absolute Gasteiger partial charge is 0.353 e. The third-order valence-electron chi connectivity index (χ3n) is 4.16. The Morgan fingerprint density at radius 1 is 1.23 bits per heavy atom. The minimum Gasteiger partial charge on any atom is -0.454 e. The van der Waals surface area contributed by atoms with Crippen molar-refractivity contribution in [2.45, 2.75) is 18.9 Å². The lowest BCUT2D eigenvalue weighted by molar-refractivity contribution is -0.383. The van der Waals surface area contributed by atoms with E-state index in [0.717, 1.165) is 19.4 Å². The number of nitro groups is 1. The molecule has 2 aliphatic heterocycles. The van der Waals surface area contributed by atoms with Gasteiger partial charge in [-0.05, 0) is 25.0 Å². The van der Waals surface area contributed by atoms with Gasteiger partial charge in [-0.1, -0.05) is 0 Å². The molecule has 26 heavy (non-hydrogen) atoms. The predicted octanol–water partition coefficient (Wildman–Crippen LogP) is 2.45. The minimum absolute atomic E-state index is 0.0369. The highest BCUT2D eigenvalue weighted by molar-refractivity contribution is 5.74. The number of nitrogens with one attached hydrogen (secondary N) is 2. The van der Waals surface area contributed by atoms with Crippen LogP contribution in [0.25, 0.3) is 0 Å². The van der Waals surface area contributed by atoms with Crippen LogP contribution in [-0.2, 0) is 4.74 Å². The normalized spacial score (nSPS) is 17.9. The van der Waals surface area contributed by atoms with Crippen LogP contribution in [0.2, 0.25) is 0 Å². The first-order chi connectivity index (χ1) is 12.7. The highest BCUT2D eigenvalue weighted by Gasteiger charge is 2.25. The summed E-state index contributed by atoms with van der Waals surface area (Å²) in [4.78, 5) is 19.1. The maximum Gasteiger partial charge on any atom is 0.353 e. The number of nitrogens with zero attached hydrogens (tertiary/aromatic N) is 3. The molecule has 0 bridgehead atoms. The first kappa shape index (κ1) is 16.3. The fraction of sp³-hybridized carbons (Fsp3) is 0.375. The zero-order valence-corrected chi connectivity index (χ0v) is 13.8. The quantitative estimate of drug-likeness (QED) is 0.591. The fourth-order valence-electron chi connectivity index (χ4n) is 2.90. The highest BCUT2D eigenvalue weighted by atomic mass is 16.7. The number of hydrogen-bond donors (Lipinski definition) is 2. The number of fused-ring (bicyclic) bond motifs is 1. The number of aromatic nitrogens is 2. The molecule has 1 saturated heterocycles. The molecule has 1 aromatic carbocycles. The molecule has 136 valence electrons. The van der Waals surface area contributed by atoms with Crippen LogP contribution in [-0.4, -0.2) is 40.9 Å². The Kier molecular flexibility index (Phi) is 4.40. The van der Waals surface area contributed by atoms with Crippen molar-refractivity contribution in [2.75, 3.05) is 30.6 Å². The Morgan fingerprint density at radius 2 is 2.08 bits per heavy atom. The van der Waals surface area contributed by atoms with E-state index in [9.17, 15) is 10.1 Å². The molecule has 2 aliphatic rings. The number of rotatable bonds is 6. The van der Waals surface area contributed by atoms with E-state index >= 15 is 0 Å². The van der Waals surface area contributed by atoms with E-state index in [0.29, 0.717) is 23.7 Å². The molecule has 1 fully saturated rings. The van der Waals surface area contributed by atoms with Crippen molar-refractivity contribution in [1.29, 1.82) is 0 Å². The largest absolute Gasteiger partial charge is 0.454 e. The topological polar surface area (TPSA) is 121 Å². The summed E-state index contributed by atoms with van der Waals surface area (Å²) < 4.78 is 16.1. The minimum atomic E-state index is -0.507. The first-order valence-corrected chi connectivity index (χ1v) is 8.22.